The smallest absolute Gasteiger partial charge is 0.313 e. The van der Waals surface area contributed by atoms with Crippen LogP contribution in [0, 0.1) is 0 Å². The average molecular weight is 175 g/mol. The van der Waals surface area contributed by atoms with Gasteiger partial charge in [-0.15, -0.1) is 0 Å². The molecule has 0 saturated heterocycles. The molecule has 0 aliphatic carbocycles. The molecule has 0 bridgehead atoms. The largest absolute Gasteiger partial charge is 0.361 e. The van der Waals surface area contributed by atoms with Crippen LogP contribution in [0.1, 0.15) is 5.56 Å². The molecule has 0 saturated carbocycles. The summed E-state index contributed by atoms with van der Waals surface area (Å²) < 4.78 is 0. The Morgan fingerprint density at radius 1 is 1.38 bits per heavy atom. The van der Waals surface area contributed by atoms with Crippen molar-refractivity contribution < 1.29 is 10.5 Å². The van der Waals surface area contributed by atoms with E-state index in [0.29, 0.717) is 6.42 Å². The predicted octanol–water partition coefficient (Wildman–Crippen LogP) is 0.479. The van der Waals surface area contributed by atoms with Gasteiger partial charge in [-0.2, -0.15) is 0 Å². The number of hydrogen-bond acceptors (Lipinski definition) is 1. The monoisotopic (exact) mass is 175 g/mol. The molecular weight excluding hydrogens is 164 g/mol. The number of quaternary nitrogens is 1. The third-order valence-corrected chi connectivity index (χ3v) is 2.06. The second-order valence-corrected chi connectivity index (χ2v) is 3.07. The van der Waals surface area contributed by atoms with Crippen LogP contribution in [0.5, 0.6) is 0 Å². The maximum Gasteiger partial charge on any atom is 0.313 e. The van der Waals surface area contributed by atoms with E-state index in [-0.39, 0.29) is 5.91 Å². The van der Waals surface area contributed by atoms with E-state index in [9.17, 15) is 4.79 Å². The number of carbonyl (C=O) groups is 1. The summed E-state index contributed by atoms with van der Waals surface area (Å²) in [4.78, 5) is 13.9. The highest BCUT2D eigenvalue weighted by molar-refractivity contribution is 5.86. The fourth-order valence-electron chi connectivity index (χ4n) is 1.49. The quantitative estimate of drug-likeness (QED) is 0.685. The van der Waals surface area contributed by atoms with Gasteiger partial charge in [0.05, 0.1) is 6.42 Å². The van der Waals surface area contributed by atoms with Gasteiger partial charge in [-0.05, 0) is 11.6 Å². The van der Waals surface area contributed by atoms with Crippen LogP contribution in [0.25, 0.3) is 10.9 Å². The van der Waals surface area contributed by atoms with Crippen molar-refractivity contribution >= 4 is 16.8 Å². The van der Waals surface area contributed by atoms with Gasteiger partial charge in [0.15, 0.2) is 0 Å². The molecule has 0 atom stereocenters. The topological polar surface area (TPSA) is 60.5 Å². The maximum atomic E-state index is 10.8. The number of nitrogens with one attached hydrogen (secondary N) is 1. The van der Waals surface area contributed by atoms with Crippen molar-refractivity contribution in [1.82, 2.24) is 4.98 Å². The van der Waals surface area contributed by atoms with E-state index in [1.54, 1.807) is 0 Å². The first-order chi connectivity index (χ1) is 6.27. The van der Waals surface area contributed by atoms with Crippen molar-refractivity contribution in [2.75, 3.05) is 0 Å². The Hall–Kier alpha value is -1.61. The van der Waals surface area contributed by atoms with Crippen molar-refractivity contribution in [3.8, 4) is 0 Å². The molecule has 1 heterocycles. The summed E-state index contributed by atoms with van der Waals surface area (Å²) in [5.41, 5.74) is 5.46. The molecule has 0 unspecified atom stereocenters. The number of benzene rings is 1. The minimum absolute atomic E-state index is 0.0512. The van der Waals surface area contributed by atoms with Crippen LogP contribution in [-0.4, -0.2) is 10.9 Å². The molecule has 1 aromatic carbocycles. The number of fused-ring (bicyclic) bond motifs is 1. The maximum absolute atomic E-state index is 10.8. The molecule has 0 spiro atoms. The molecule has 0 aliphatic rings. The Bertz CT molecular complexity index is 445. The number of carbonyl (C=O) groups excluding carboxylic acids is 1. The Morgan fingerprint density at radius 3 is 2.92 bits per heavy atom. The molecule has 2 rings (SSSR count). The van der Waals surface area contributed by atoms with Gasteiger partial charge in [-0.25, -0.2) is 4.79 Å². The van der Waals surface area contributed by atoms with Crippen molar-refractivity contribution in [3.05, 3.63) is 36.0 Å². The van der Waals surface area contributed by atoms with E-state index >= 15 is 0 Å². The summed E-state index contributed by atoms with van der Waals surface area (Å²) in [6, 6.07) is 7.93. The van der Waals surface area contributed by atoms with Gasteiger partial charge in [0, 0.05) is 17.1 Å². The Balaban J connectivity index is 2.51. The van der Waals surface area contributed by atoms with Crippen molar-refractivity contribution in [3.63, 3.8) is 0 Å². The number of hydrogen-bond donors (Lipinski definition) is 2. The molecule has 0 aliphatic heterocycles. The normalized spacial score (nSPS) is 10.5. The third-order valence-electron chi connectivity index (χ3n) is 2.06. The fraction of sp³-hybridized carbons (Fsp3) is 0.100. The zero-order valence-electron chi connectivity index (χ0n) is 7.21. The van der Waals surface area contributed by atoms with Gasteiger partial charge >= 0.3 is 5.91 Å². The number of aromatic nitrogens is 1. The van der Waals surface area contributed by atoms with Gasteiger partial charge in [0.1, 0.15) is 0 Å². The number of H-pyrrole nitrogens is 1. The van der Waals surface area contributed by atoms with Crippen LogP contribution in [0.3, 0.4) is 0 Å². The number of amides is 1. The minimum atomic E-state index is -0.0512. The minimum Gasteiger partial charge on any atom is -0.361 e. The fourth-order valence-corrected chi connectivity index (χ4v) is 1.49. The first-order valence-electron chi connectivity index (χ1n) is 4.17. The lowest BCUT2D eigenvalue weighted by molar-refractivity contribution is -0.304. The Morgan fingerprint density at radius 2 is 2.15 bits per heavy atom. The van der Waals surface area contributed by atoms with Crippen molar-refractivity contribution in [1.29, 1.82) is 0 Å². The van der Waals surface area contributed by atoms with Crippen molar-refractivity contribution in [2.24, 2.45) is 0 Å². The van der Waals surface area contributed by atoms with Crippen LogP contribution in [0.4, 0.5) is 0 Å². The summed E-state index contributed by atoms with van der Waals surface area (Å²) in [5.74, 6) is -0.0512. The number of para-hydroxylation sites is 1. The van der Waals surface area contributed by atoms with Gasteiger partial charge in [-0.1, -0.05) is 18.2 Å². The second kappa shape index (κ2) is 3.03. The molecule has 13 heavy (non-hydrogen) atoms. The van der Waals surface area contributed by atoms with Gasteiger partial charge in [0.2, 0.25) is 0 Å². The predicted molar refractivity (Wildman–Crippen MR) is 49.9 cm³/mol. The lowest BCUT2D eigenvalue weighted by Gasteiger charge is -1.91. The molecule has 3 heteroatoms. The molecule has 1 aromatic heterocycles. The van der Waals surface area contributed by atoms with E-state index in [2.05, 4.69) is 10.7 Å². The highest BCUT2D eigenvalue weighted by atomic mass is 16.1. The summed E-state index contributed by atoms with van der Waals surface area (Å²) in [7, 11) is 0. The first-order valence-corrected chi connectivity index (χ1v) is 4.17. The van der Waals surface area contributed by atoms with Crippen LogP contribution in [0.15, 0.2) is 30.5 Å². The Labute approximate surface area is 75.6 Å². The van der Waals surface area contributed by atoms with Crippen molar-refractivity contribution in [2.45, 2.75) is 6.42 Å². The zero-order valence-corrected chi connectivity index (χ0v) is 7.21. The second-order valence-electron chi connectivity index (χ2n) is 3.07. The summed E-state index contributed by atoms with van der Waals surface area (Å²) in [5, 5.41) is 1.11. The van der Waals surface area contributed by atoms with Gasteiger partial charge in [0.25, 0.3) is 0 Å². The molecule has 0 radical (unpaired) electrons. The van der Waals surface area contributed by atoms with Crippen LogP contribution in [-0.2, 0) is 11.2 Å². The lowest BCUT2D eigenvalue weighted by atomic mass is 10.1. The summed E-state index contributed by atoms with van der Waals surface area (Å²) in [6.07, 6.45) is 2.28. The number of rotatable bonds is 2. The van der Waals surface area contributed by atoms with E-state index in [1.807, 2.05) is 30.5 Å². The van der Waals surface area contributed by atoms with Crippen LogP contribution >= 0.6 is 0 Å². The van der Waals surface area contributed by atoms with E-state index < -0.39 is 0 Å². The zero-order chi connectivity index (χ0) is 9.26. The summed E-state index contributed by atoms with van der Waals surface area (Å²) >= 11 is 0. The molecule has 1 amide bonds. The first kappa shape index (κ1) is 8.01. The highest BCUT2D eigenvalue weighted by Crippen LogP contribution is 2.17. The average Bonchev–Trinajstić information content (AvgIpc) is 2.48. The standard InChI is InChI=1S/C10H10N2O/c11-10(13)5-7-6-12-9-4-2-1-3-8(7)9/h1-4,6,12H,5H2,(H2,11,13)/p+1. The molecule has 2 aromatic rings. The van der Waals surface area contributed by atoms with Gasteiger partial charge < -0.3 is 4.98 Å². The van der Waals surface area contributed by atoms with Crippen LogP contribution < -0.4 is 5.73 Å². The lowest BCUT2D eigenvalue weighted by Crippen LogP contribution is -2.57. The molecule has 4 N–H and O–H groups in total. The van der Waals surface area contributed by atoms with Crippen LogP contribution in [0.2, 0.25) is 0 Å². The van der Waals surface area contributed by atoms with E-state index in [1.165, 1.54) is 0 Å². The molecule has 66 valence electrons. The van der Waals surface area contributed by atoms with E-state index in [0.717, 1.165) is 16.5 Å². The highest BCUT2D eigenvalue weighted by Gasteiger charge is 2.06. The van der Waals surface area contributed by atoms with E-state index in [4.69, 9.17) is 0 Å². The SMILES string of the molecule is [NH3+]C(=O)Cc1c[nH]c2ccccc12. The number of aromatic amines is 1. The molecule has 0 fully saturated rings. The molecule has 3 nitrogen and oxygen atoms in total. The van der Waals surface area contributed by atoms with Gasteiger partial charge in [-0.3, -0.25) is 5.73 Å². The summed E-state index contributed by atoms with van der Waals surface area (Å²) in [6.45, 7) is 0. The Kier molecular flexibility index (Phi) is 1.87. The third kappa shape index (κ3) is 1.46. The molecular formula is C10H11N2O+.